The molecule has 96 valence electrons. The quantitative estimate of drug-likeness (QED) is 0.902. The Morgan fingerprint density at radius 3 is 2.67 bits per heavy atom. The van der Waals surface area contributed by atoms with Gasteiger partial charge in [0.2, 0.25) is 0 Å². The highest BCUT2D eigenvalue weighted by molar-refractivity contribution is 5.23. The van der Waals surface area contributed by atoms with Crippen LogP contribution in [0, 0.1) is 11.6 Å². The van der Waals surface area contributed by atoms with Crippen molar-refractivity contribution >= 4 is 0 Å². The first-order valence-electron chi connectivity index (χ1n) is 5.70. The fourth-order valence-corrected chi connectivity index (χ4v) is 1.93. The summed E-state index contributed by atoms with van der Waals surface area (Å²) in [4.78, 5) is 0. The van der Waals surface area contributed by atoms with E-state index in [1.165, 1.54) is 6.07 Å². The number of benzene rings is 1. The van der Waals surface area contributed by atoms with E-state index in [2.05, 4.69) is 10.4 Å². The summed E-state index contributed by atoms with van der Waals surface area (Å²) in [5.74, 6) is -1.64. The SMILES string of the molecule is CNC(Cc1cnn(C)c1)c1ccc(F)c(F)c1. The van der Waals surface area contributed by atoms with Gasteiger partial charge in [-0.2, -0.15) is 5.10 Å². The predicted octanol–water partition coefficient (Wildman–Crippen LogP) is 2.20. The van der Waals surface area contributed by atoms with Crippen molar-refractivity contribution in [3.05, 3.63) is 53.4 Å². The summed E-state index contributed by atoms with van der Waals surface area (Å²) in [6, 6.07) is 3.91. The van der Waals surface area contributed by atoms with Crippen LogP contribution in [0.1, 0.15) is 17.2 Å². The van der Waals surface area contributed by atoms with Gasteiger partial charge in [-0.15, -0.1) is 0 Å². The number of nitrogens with zero attached hydrogens (tertiary/aromatic N) is 2. The monoisotopic (exact) mass is 251 g/mol. The zero-order chi connectivity index (χ0) is 13.1. The molecular formula is C13H15F2N3. The molecule has 2 rings (SSSR count). The summed E-state index contributed by atoms with van der Waals surface area (Å²) >= 11 is 0. The molecule has 3 nitrogen and oxygen atoms in total. The van der Waals surface area contributed by atoms with E-state index < -0.39 is 11.6 Å². The van der Waals surface area contributed by atoms with Crippen molar-refractivity contribution in [2.24, 2.45) is 7.05 Å². The van der Waals surface area contributed by atoms with Gasteiger partial charge in [0.15, 0.2) is 11.6 Å². The second-order valence-electron chi connectivity index (χ2n) is 4.24. The Kier molecular flexibility index (Phi) is 3.72. The van der Waals surface area contributed by atoms with E-state index in [0.29, 0.717) is 6.42 Å². The molecule has 18 heavy (non-hydrogen) atoms. The summed E-state index contributed by atoms with van der Waals surface area (Å²) in [7, 11) is 3.64. The van der Waals surface area contributed by atoms with Gasteiger partial charge in [-0.05, 0) is 36.7 Å². The van der Waals surface area contributed by atoms with Crippen molar-refractivity contribution in [2.45, 2.75) is 12.5 Å². The standard InChI is InChI=1S/C13H15F2N3/c1-16-13(5-9-7-17-18(2)8-9)10-3-4-11(14)12(15)6-10/h3-4,6-8,13,16H,5H2,1-2H3. The molecule has 1 aromatic heterocycles. The van der Waals surface area contributed by atoms with Crippen molar-refractivity contribution in [3.8, 4) is 0 Å². The number of hydrogen-bond donors (Lipinski definition) is 1. The average Bonchev–Trinajstić information content (AvgIpc) is 2.75. The third kappa shape index (κ3) is 2.73. The molecule has 0 aliphatic carbocycles. The molecule has 1 aromatic carbocycles. The van der Waals surface area contributed by atoms with E-state index >= 15 is 0 Å². The zero-order valence-electron chi connectivity index (χ0n) is 10.3. The molecule has 0 radical (unpaired) electrons. The molecular weight excluding hydrogens is 236 g/mol. The average molecular weight is 251 g/mol. The first-order chi connectivity index (χ1) is 8.60. The molecule has 0 aliphatic rings. The first-order valence-corrected chi connectivity index (χ1v) is 5.70. The summed E-state index contributed by atoms with van der Waals surface area (Å²) in [5.41, 5.74) is 1.77. The summed E-state index contributed by atoms with van der Waals surface area (Å²) in [5, 5.41) is 7.18. The Labute approximate surface area is 104 Å². The van der Waals surface area contributed by atoms with Crippen LogP contribution in [0.25, 0.3) is 0 Å². The van der Waals surface area contributed by atoms with Crippen LogP contribution in [-0.2, 0) is 13.5 Å². The van der Waals surface area contributed by atoms with Crippen molar-refractivity contribution in [1.29, 1.82) is 0 Å². The van der Waals surface area contributed by atoms with E-state index in [4.69, 9.17) is 0 Å². The number of aromatic nitrogens is 2. The number of hydrogen-bond acceptors (Lipinski definition) is 2. The molecule has 5 heteroatoms. The maximum absolute atomic E-state index is 13.2. The van der Waals surface area contributed by atoms with Crippen molar-refractivity contribution in [2.75, 3.05) is 7.05 Å². The smallest absolute Gasteiger partial charge is 0.159 e. The lowest BCUT2D eigenvalue weighted by atomic mass is 10.0. The van der Waals surface area contributed by atoms with Gasteiger partial charge >= 0.3 is 0 Å². The Morgan fingerprint density at radius 2 is 2.11 bits per heavy atom. The van der Waals surface area contributed by atoms with E-state index in [1.54, 1.807) is 24.0 Å². The summed E-state index contributed by atoms with van der Waals surface area (Å²) < 4.78 is 27.8. The maximum Gasteiger partial charge on any atom is 0.159 e. The Bertz CT molecular complexity index is 537. The minimum atomic E-state index is -0.824. The van der Waals surface area contributed by atoms with E-state index in [1.807, 2.05) is 13.2 Å². The molecule has 2 aromatic rings. The van der Waals surface area contributed by atoms with E-state index in [-0.39, 0.29) is 6.04 Å². The van der Waals surface area contributed by atoms with Crippen LogP contribution in [0.3, 0.4) is 0 Å². The first kappa shape index (κ1) is 12.7. The molecule has 1 atom stereocenters. The fourth-order valence-electron chi connectivity index (χ4n) is 1.93. The number of rotatable bonds is 4. The Morgan fingerprint density at radius 1 is 1.33 bits per heavy atom. The van der Waals surface area contributed by atoms with Gasteiger partial charge in [0.1, 0.15) is 0 Å². The predicted molar refractivity (Wildman–Crippen MR) is 65.1 cm³/mol. The lowest BCUT2D eigenvalue weighted by Crippen LogP contribution is -2.19. The van der Waals surface area contributed by atoms with Crippen LogP contribution < -0.4 is 5.32 Å². The summed E-state index contributed by atoms with van der Waals surface area (Å²) in [6.07, 6.45) is 4.35. The molecule has 0 saturated carbocycles. The van der Waals surface area contributed by atoms with Crippen LogP contribution in [-0.4, -0.2) is 16.8 Å². The Hall–Kier alpha value is -1.75. The van der Waals surface area contributed by atoms with Gasteiger partial charge in [-0.1, -0.05) is 6.07 Å². The highest BCUT2D eigenvalue weighted by atomic mass is 19.2. The number of nitrogens with one attached hydrogen (secondary N) is 1. The number of halogens is 2. The lowest BCUT2D eigenvalue weighted by molar-refractivity contribution is 0.501. The molecule has 0 saturated heterocycles. The lowest BCUT2D eigenvalue weighted by Gasteiger charge is -2.15. The second-order valence-corrected chi connectivity index (χ2v) is 4.24. The molecule has 0 spiro atoms. The zero-order valence-corrected chi connectivity index (χ0v) is 10.3. The Balaban J connectivity index is 2.19. The van der Waals surface area contributed by atoms with Gasteiger partial charge in [0.05, 0.1) is 6.20 Å². The van der Waals surface area contributed by atoms with Gasteiger partial charge in [0.25, 0.3) is 0 Å². The van der Waals surface area contributed by atoms with Crippen LogP contribution in [0.5, 0.6) is 0 Å². The van der Waals surface area contributed by atoms with Crippen LogP contribution >= 0.6 is 0 Å². The minimum Gasteiger partial charge on any atom is -0.313 e. The molecule has 1 heterocycles. The minimum absolute atomic E-state index is 0.0655. The van der Waals surface area contributed by atoms with Gasteiger partial charge in [0, 0.05) is 19.3 Å². The molecule has 0 amide bonds. The summed E-state index contributed by atoms with van der Waals surface area (Å²) in [6.45, 7) is 0. The third-order valence-electron chi connectivity index (χ3n) is 2.89. The normalized spacial score (nSPS) is 12.7. The van der Waals surface area contributed by atoms with Gasteiger partial charge in [-0.3, -0.25) is 4.68 Å². The highest BCUT2D eigenvalue weighted by Crippen LogP contribution is 2.20. The van der Waals surface area contributed by atoms with Gasteiger partial charge in [-0.25, -0.2) is 8.78 Å². The van der Waals surface area contributed by atoms with Crippen molar-refractivity contribution in [3.63, 3.8) is 0 Å². The fraction of sp³-hybridized carbons (Fsp3) is 0.308. The van der Waals surface area contributed by atoms with E-state index in [0.717, 1.165) is 17.2 Å². The van der Waals surface area contributed by atoms with Crippen molar-refractivity contribution < 1.29 is 8.78 Å². The maximum atomic E-state index is 13.2. The van der Waals surface area contributed by atoms with Crippen molar-refractivity contribution in [1.82, 2.24) is 15.1 Å². The van der Waals surface area contributed by atoms with Crippen LogP contribution in [0.15, 0.2) is 30.6 Å². The van der Waals surface area contributed by atoms with Gasteiger partial charge < -0.3 is 5.32 Å². The number of likely N-dealkylation sites (N-methyl/N-ethyl adjacent to an activating group) is 1. The molecule has 1 N–H and O–H groups in total. The van der Waals surface area contributed by atoms with Crippen LogP contribution in [0.4, 0.5) is 8.78 Å². The second kappa shape index (κ2) is 5.27. The molecule has 0 bridgehead atoms. The van der Waals surface area contributed by atoms with E-state index in [9.17, 15) is 8.78 Å². The topological polar surface area (TPSA) is 29.9 Å². The van der Waals surface area contributed by atoms with Crippen LogP contribution in [0.2, 0.25) is 0 Å². The number of aryl methyl sites for hydroxylation is 1. The third-order valence-corrected chi connectivity index (χ3v) is 2.89. The molecule has 1 unspecified atom stereocenters. The highest BCUT2D eigenvalue weighted by Gasteiger charge is 2.13. The largest absolute Gasteiger partial charge is 0.313 e. The molecule has 0 aliphatic heterocycles. The molecule has 0 fully saturated rings.